The van der Waals surface area contributed by atoms with Crippen LogP contribution in [0.5, 0.6) is 0 Å². The number of halogens is 1. The summed E-state index contributed by atoms with van der Waals surface area (Å²) >= 11 is 5.98. The summed E-state index contributed by atoms with van der Waals surface area (Å²) in [6.45, 7) is 3.45. The fraction of sp³-hybridized carbons (Fsp3) is 0.130. The molecule has 0 saturated carbocycles. The van der Waals surface area contributed by atoms with Gasteiger partial charge in [0.2, 0.25) is 0 Å². The maximum Gasteiger partial charge on any atom is 0.337 e. The Balaban J connectivity index is 1.73. The van der Waals surface area contributed by atoms with E-state index in [1.807, 2.05) is 0 Å². The van der Waals surface area contributed by atoms with Gasteiger partial charge in [-0.25, -0.2) is 9.59 Å². The number of hydrogen-bond donors (Lipinski definition) is 2. The molecule has 0 aliphatic carbocycles. The number of barbiturate groups is 1. The first-order chi connectivity index (χ1) is 15.7. The molecule has 3 heterocycles. The van der Waals surface area contributed by atoms with Crippen LogP contribution in [-0.4, -0.2) is 38.4 Å². The largest absolute Gasteiger partial charge is 0.478 e. The summed E-state index contributed by atoms with van der Waals surface area (Å²) in [5.41, 5.74) is 2.27. The third kappa shape index (κ3) is 4.06. The summed E-state index contributed by atoms with van der Waals surface area (Å²) in [6, 6.07) is 8.79. The van der Waals surface area contributed by atoms with Crippen LogP contribution in [0.1, 0.15) is 33.1 Å². The van der Waals surface area contributed by atoms with Crippen molar-refractivity contribution < 1.29 is 28.7 Å². The van der Waals surface area contributed by atoms with Gasteiger partial charge in [0.05, 0.1) is 23.4 Å². The van der Waals surface area contributed by atoms with Crippen molar-refractivity contribution in [1.82, 2.24) is 14.8 Å². The number of nitrogens with zero attached hydrogens (tertiary/aromatic N) is 2. The van der Waals surface area contributed by atoms with Crippen LogP contribution in [0.15, 0.2) is 52.7 Å². The highest BCUT2D eigenvalue weighted by Crippen LogP contribution is 2.27. The summed E-state index contributed by atoms with van der Waals surface area (Å²) < 4.78 is 6.99. The quantitative estimate of drug-likeness (QED) is 0.436. The molecule has 1 aromatic carbocycles. The van der Waals surface area contributed by atoms with Gasteiger partial charge in [0.25, 0.3) is 11.8 Å². The molecular weight excluding hydrogens is 450 g/mol. The van der Waals surface area contributed by atoms with Crippen LogP contribution >= 0.6 is 11.6 Å². The van der Waals surface area contributed by atoms with Crippen molar-refractivity contribution in [3.63, 3.8) is 0 Å². The minimum absolute atomic E-state index is 0.0458. The first-order valence-electron chi connectivity index (χ1n) is 9.80. The molecule has 4 amide bonds. The van der Waals surface area contributed by atoms with Crippen molar-refractivity contribution in [3.05, 3.63) is 81.5 Å². The van der Waals surface area contributed by atoms with E-state index in [4.69, 9.17) is 16.0 Å². The number of nitrogens with one attached hydrogen (secondary N) is 1. The number of aryl methyl sites for hydroxylation is 1. The van der Waals surface area contributed by atoms with Gasteiger partial charge < -0.3 is 14.1 Å². The van der Waals surface area contributed by atoms with Gasteiger partial charge in [-0.1, -0.05) is 11.6 Å². The summed E-state index contributed by atoms with van der Waals surface area (Å²) in [4.78, 5) is 50.0. The minimum atomic E-state index is -1.16. The molecule has 0 unspecified atom stereocenters. The molecule has 168 valence electrons. The predicted molar refractivity (Wildman–Crippen MR) is 118 cm³/mol. The van der Waals surface area contributed by atoms with Crippen LogP contribution in [0.3, 0.4) is 0 Å². The van der Waals surface area contributed by atoms with Gasteiger partial charge >= 0.3 is 12.0 Å². The molecule has 1 fully saturated rings. The van der Waals surface area contributed by atoms with Crippen molar-refractivity contribution >= 4 is 41.5 Å². The molecule has 4 rings (SSSR count). The van der Waals surface area contributed by atoms with Gasteiger partial charge in [-0.15, -0.1) is 0 Å². The van der Waals surface area contributed by atoms with Crippen LogP contribution in [0, 0.1) is 13.8 Å². The Bertz CT molecular complexity index is 1340. The van der Waals surface area contributed by atoms with Crippen LogP contribution in [0.4, 0.5) is 4.79 Å². The van der Waals surface area contributed by atoms with Crippen LogP contribution in [-0.2, 0) is 16.1 Å². The van der Waals surface area contributed by atoms with E-state index in [1.54, 1.807) is 42.7 Å². The molecule has 0 radical (unpaired) electrons. The first-order valence-corrected chi connectivity index (χ1v) is 10.2. The molecule has 3 aromatic rings. The number of urea groups is 1. The minimum Gasteiger partial charge on any atom is -0.478 e. The second kappa shape index (κ2) is 8.44. The third-order valence-corrected chi connectivity index (χ3v) is 5.62. The molecule has 10 heteroatoms. The number of rotatable bonds is 5. The SMILES string of the molecule is Cc1cc(/C=C2\C(=O)NC(=O)N(Cc3ccco3)C2=O)c(C)n1-c1ccc(Cl)c(C(=O)O)c1. The molecule has 0 bridgehead atoms. The van der Waals surface area contributed by atoms with E-state index >= 15 is 0 Å². The number of carboxylic acids is 1. The summed E-state index contributed by atoms with van der Waals surface area (Å²) in [7, 11) is 0. The molecule has 1 aliphatic rings. The van der Waals surface area contributed by atoms with Gasteiger partial charge in [-0.2, -0.15) is 0 Å². The zero-order chi connectivity index (χ0) is 23.9. The average molecular weight is 468 g/mol. The van der Waals surface area contributed by atoms with Crippen LogP contribution in [0.2, 0.25) is 5.02 Å². The number of aromatic nitrogens is 1. The number of carbonyl (C=O) groups excluding carboxylic acids is 3. The average Bonchev–Trinajstić information content (AvgIpc) is 3.36. The Morgan fingerprint density at radius 1 is 1.18 bits per heavy atom. The lowest BCUT2D eigenvalue weighted by atomic mass is 10.1. The number of furan rings is 1. The Morgan fingerprint density at radius 3 is 2.61 bits per heavy atom. The normalized spacial score (nSPS) is 15.3. The lowest BCUT2D eigenvalue weighted by Gasteiger charge is -2.25. The highest BCUT2D eigenvalue weighted by Gasteiger charge is 2.36. The summed E-state index contributed by atoms with van der Waals surface area (Å²) in [6.07, 6.45) is 2.83. The summed E-state index contributed by atoms with van der Waals surface area (Å²) in [5, 5.41) is 11.7. The fourth-order valence-corrected chi connectivity index (χ4v) is 3.90. The van der Waals surface area contributed by atoms with E-state index < -0.39 is 23.8 Å². The second-order valence-electron chi connectivity index (χ2n) is 7.42. The topological polar surface area (TPSA) is 122 Å². The Labute approximate surface area is 192 Å². The van der Waals surface area contributed by atoms with E-state index in [9.17, 15) is 24.3 Å². The third-order valence-electron chi connectivity index (χ3n) is 5.29. The standard InChI is InChI=1S/C23H18ClN3O6/c1-12-8-14(13(2)27(12)15-5-6-19(24)17(10-15)22(30)31)9-18-20(28)25-23(32)26(21(18)29)11-16-4-3-7-33-16/h3-10H,11H2,1-2H3,(H,30,31)(H,25,28,32)/b18-9+. The first kappa shape index (κ1) is 22.1. The van der Waals surface area contributed by atoms with Crippen LogP contribution < -0.4 is 5.32 Å². The number of carboxylic acid groups (broad SMARTS) is 1. The number of aromatic carboxylic acids is 1. The van der Waals surface area contributed by atoms with Gasteiger partial charge in [0.1, 0.15) is 11.3 Å². The predicted octanol–water partition coefficient (Wildman–Crippen LogP) is 3.70. The monoisotopic (exact) mass is 467 g/mol. The Hall–Kier alpha value is -4.11. The number of benzene rings is 1. The molecule has 33 heavy (non-hydrogen) atoms. The van der Waals surface area contributed by atoms with Crippen molar-refractivity contribution in [1.29, 1.82) is 0 Å². The molecule has 2 aromatic heterocycles. The Kier molecular flexibility index (Phi) is 5.65. The van der Waals surface area contributed by atoms with Gasteiger partial charge in [-0.05, 0) is 61.9 Å². The van der Waals surface area contributed by atoms with Gasteiger partial charge in [0, 0.05) is 17.1 Å². The van der Waals surface area contributed by atoms with Gasteiger partial charge in [-0.3, -0.25) is 19.8 Å². The van der Waals surface area contributed by atoms with E-state index in [-0.39, 0.29) is 22.7 Å². The smallest absolute Gasteiger partial charge is 0.337 e. The number of amides is 4. The lowest BCUT2D eigenvalue weighted by Crippen LogP contribution is -2.53. The van der Waals surface area contributed by atoms with Crippen molar-refractivity contribution in [2.45, 2.75) is 20.4 Å². The summed E-state index contributed by atoms with van der Waals surface area (Å²) in [5.74, 6) is -2.31. The molecule has 1 saturated heterocycles. The van der Waals surface area contributed by atoms with Crippen LogP contribution in [0.25, 0.3) is 11.8 Å². The molecular formula is C23H18ClN3O6. The number of hydrogen-bond acceptors (Lipinski definition) is 5. The lowest BCUT2D eigenvalue weighted by molar-refractivity contribution is -0.130. The zero-order valence-electron chi connectivity index (χ0n) is 17.6. The van der Waals surface area contributed by atoms with E-state index in [1.165, 1.54) is 24.5 Å². The maximum absolute atomic E-state index is 13.0. The number of imide groups is 2. The molecule has 0 atom stereocenters. The van der Waals surface area contributed by atoms with E-state index in [0.717, 1.165) is 10.6 Å². The molecule has 9 nitrogen and oxygen atoms in total. The zero-order valence-corrected chi connectivity index (χ0v) is 18.3. The highest BCUT2D eigenvalue weighted by atomic mass is 35.5. The van der Waals surface area contributed by atoms with Crippen molar-refractivity contribution in [3.8, 4) is 5.69 Å². The van der Waals surface area contributed by atoms with E-state index in [2.05, 4.69) is 5.32 Å². The highest BCUT2D eigenvalue weighted by molar-refractivity contribution is 6.33. The Morgan fingerprint density at radius 2 is 1.94 bits per heavy atom. The van der Waals surface area contributed by atoms with Crippen molar-refractivity contribution in [2.24, 2.45) is 0 Å². The molecule has 0 spiro atoms. The molecule has 1 aliphatic heterocycles. The fourth-order valence-electron chi connectivity index (χ4n) is 3.70. The van der Waals surface area contributed by atoms with E-state index in [0.29, 0.717) is 22.7 Å². The van der Waals surface area contributed by atoms with Gasteiger partial charge in [0.15, 0.2) is 0 Å². The number of carbonyl (C=O) groups is 4. The maximum atomic E-state index is 13.0. The van der Waals surface area contributed by atoms with Crippen molar-refractivity contribution in [2.75, 3.05) is 0 Å². The second-order valence-corrected chi connectivity index (χ2v) is 7.83. The molecule has 2 N–H and O–H groups in total.